The van der Waals surface area contributed by atoms with Gasteiger partial charge in [-0.2, -0.15) is 0 Å². The van der Waals surface area contributed by atoms with Crippen LogP contribution >= 0.6 is 0 Å². The summed E-state index contributed by atoms with van der Waals surface area (Å²) in [6, 6.07) is 8.38. The topological polar surface area (TPSA) is 35.2 Å². The van der Waals surface area contributed by atoms with Crippen molar-refractivity contribution in [2.24, 2.45) is 5.73 Å². The molecular weight excluding hydrogens is 186 g/mol. The molecule has 15 heavy (non-hydrogen) atoms. The summed E-state index contributed by atoms with van der Waals surface area (Å²) in [5, 5.41) is 0. The van der Waals surface area contributed by atoms with Crippen LogP contribution in [0.4, 0.5) is 0 Å². The van der Waals surface area contributed by atoms with Crippen LogP contribution in [0.5, 0.6) is 0 Å². The molecule has 0 aliphatic rings. The van der Waals surface area contributed by atoms with Crippen molar-refractivity contribution < 1.29 is 4.74 Å². The van der Waals surface area contributed by atoms with Gasteiger partial charge in [0, 0.05) is 5.54 Å². The molecule has 1 atom stereocenters. The largest absolute Gasteiger partial charge is 0.375 e. The lowest BCUT2D eigenvalue weighted by Crippen LogP contribution is -2.40. The van der Waals surface area contributed by atoms with E-state index in [1.807, 2.05) is 6.92 Å². The van der Waals surface area contributed by atoms with Gasteiger partial charge in [-0.25, -0.2) is 0 Å². The molecule has 0 saturated heterocycles. The summed E-state index contributed by atoms with van der Waals surface area (Å²) in [4.78, 5) is 0. The van der Waals surface area contributed by atoms with Gasteiger partial charge in [-0.3, -0.25) is 0 Å². The maximum absolute atomic E-state index is 5.98. The fraction of sp³-hybridized carbons (Fsp3) is 0.538. The molecule has 2 heteroatoms. The minimum atomic E-state index is -0.204. The maximum atomic E-state index is 5.98. The number of benzene rings is 1. The van der Waals surface area contributed by atoms with Crippen LogP contribution < -0.4 is 5.73 Å². The van der Waals surface area contributed by atoms with E-state index in [2.05, 4.69) is 38.1 Å². The zero-order valence-corrected chi connectivity index (χ0v) is 9.92. The Bertz CT molecular complexity index is 290. The molecule has 1 aromatic carbocycles. The Balaban J connectivity index is 2.35. The van der Waals surface area contributed by atoms with Crippen LogP contribution in [0.15, 0.2) is 24.3 Å². The van der Waals surface area contributed by atoms with E-state index in [0.717, 1.165) is 6.42 Å². The van der Waals surface area contributed by atoms with E-state index in [1.165, 1.54) is 11.1 Å². The summed E-state index contributed by atoms with van der Waals surface area (Å²) in [7, 11) is 0. The van der Waals surface area contributed by atoms with E-state index < -0.39 is 0 Å². The average molecular weight is 207 g/mol. The first kappa shape index (κ1) is 12.2. The number of rotatable bonds is 5. The Kier molecular flexibility index (Phi) is 4.30. The summed E-state index contributed by atoms with van der Waals surface area (Å²) in [5.74, 6) is 0. The first-order chi connectivity index (χ1) is 7.03. The van der Waals surface area contributed by atoms with Crippen molar-refractivity contribution in [1.29, 1.82) is 0 Å². The third-order valence-corrected chi connectivity index (χ3v) is 2.63. The molecule has 0 aliphatic carbocycles. The van der Waals surface area contributed by atoms with Crippen molar-refractivity contribution in [3.05, 3.63) is 35.4 Å². The molecular formula is C13H21NO. The van der Waals surface area contributed by atoms with E-state index in [4.69, 9.17) is 10.5 Å². The summed E-state index contributed by atoms with van der Waals surface area (Å²) in [6.45, 7) is 7.43. The van der Waals surface area contributed by atoms with Gasteiger partial charge in [-0.1, -0.05) is 36.8 Å². The van der Waals surface area contributed by atoms with Gasteiger partial charge in [-0.05, 0) is 25.8 Å². The average Bonchev–Trinajstić information content (AvgIpc) is 2.21. The van der Waals surface area contributed by atoms with Crippen LogP contribution in [0, 0.1) is 6.92 Å². The van der Waals surface area contributed by atoms with Crippen LogP contribution in [0.1, 0.15) is 31.4 Å². The van der Waals surface area contributed by atoms with Gasteiger partial charge in [0.15, 0.2) is 0 Å². The predicted molar refractivity (Wildman–Crippen MR) is 63.7 cm³/mol. The molecule has 0 fully saturated rings. The third kappa shape index (κ3) is 4.45. The van der Waals surface area contributed by atoms with E-state index in [1.54, 1.807) is 0 Å². The molecule has 2 nitrogen and oxygen atoms in total. The second kappa shape index (κ2) is 5.29. The second-order valence-electron chi connectivity index (χ2n) is 4.49. The van der Waals surface area contributed by atoms with Gasteiger partial charge in [-0.15, -0.1) is 0 Å². The molecule has 0 heterocycles. The highest BCUT2D eigenvalue weighted by atomic mass is 16.5. The molecule has 0 amide bonds. The van der Waals surface area contributed by atoms with E-state index in [0.29, 0.717) is 13.2 Å². The highest BCUT2D eigenvalue weighted by molar-refractivity contribution is 5.20. The quantitative estimate of drug-likeness (QED) is 0.805. The summed E-state index contributed by atoms with van der Waals surface area (Å²) >= 11 is 0. The molecule has 0 aromatic heterocycles. The zero-order valence-electron chi connectivity index (χ0n) is 9.92. The smallest absolute Gasteiger partial charge is 0.0717 e. The Morgan fingerprint density at radius 3 is 2.40 bits per heavy atom. The highest BCUT2D eigenvalue weighted by Crippen LogP contribution is 2.08. The first-order valence-corrected chi connectivity index (χ1v) is 5.46. The van der Waals surface area contributed by atoms with Crippen molar-refractivity contribution in [3.8, 4) is 0 Å². The number of hydrogen-bond donors (Lipinski definition) is 1. The minimum absolute atomic E-state index is 0.204. The SMILES string of the molecule is CCC(C)(N)COCc1ccc(C)cc1. The molecule has 0 aliphatic heterocycles. The van der Waals surface area contributed by atoms with Crippen molar-refractivity contribution >= 4 is 0 Å². The van der Waals surface area contributed by atoms with Crippen LogP contribution in [0.3, 0.4) is 0 Å². The number of hydrogen-bond acceptors (Lipinski definition) is 2. The van der Waals surface area contributed by atoms with Crippen molar-refractivity contribution in [1.82, 2.24) is 0 Å². The summed E-state index contributed by atoms with van der Waals surface area (Å²) < 4.78 is 5.59. The van der Waals surface area contributed by atoms with Crippen LogP contribution in [0.25, 0.3) is 0 Å². The predicted octanol–water partition coefficient (Wildman–Crippen LogP) is 2.64. The number of ether oxygens (including phenoxy) is 1. The third-order valence-electron chi connectivity index (χ3n) is 2.63. The molecule has 0 saturated carbocycles. The fourth-order valence-electron chi connectivity index (χ4n) is 1.19. The molecule has 0 spiro atoms. The van der Waals surface area contributed by atoms with Gasteiger partial charge >= 0.3 is 0 Å². The minimum Gasteiger partial charge on any atom is -0.375 e. The van der Waals surface area contributed by atoms with Gasteiger partial charge in [0.05, 0.1) is 13.2 Å². The lowest BCUT2D eigenvalue weighted by atomic mass is 10.0. The van der Waals surface area contributed by atoms with Crippen LogP contribution in [-0.2, 0) is 11.3 Å². The van der Waals surface area contributed by atoms with Gasteiger partial charge < -0.3 is 10.5 Å². The zero-order chi connectivity index (χ0) is 11.3. The Morgan fingerprint density at radius 2 is 1.87 bits per heavy atom. The lowest BCUT2D eigenvalue weighted by Gasteiger charge is -2.22. The molecule has 1 rings (SSSR count). The molecule has 1 unspecified atom stereocenters. The normalized spacial score (nSPS) is 14.9. The molecule has 2 N–H and O–H groups in total. The van der Waals surface area contributed by atoms with E-state index >= 15 is 0 Å². The highest BCUT2D eigenvalue weighted by Gasteiger charge is 2.15. The Hall–Kier alpha value is -0.860. The number of nitrogens with two attached hydrogens (primary N) is 1. The van der Waals surface area contributed by atoms with E-state index in [-0.39, 0.29) is 5.54 Å². The van der Waals surface area contributed by atoms with Crippen LogP contribution in [0.2, 0.25) is 0 Å². The lowest BCUT2D eigenvalue weighted by molar-refractivity contribution is 0.0777. The fourth-order valence-corrected chi connectivity index (χ4v) is 1.19. The molecule has 0 bridgehead atoms. The maximum Gasteiger partial charge on any atom is 0.0717 e. The summed E-state index contributed by atoms with van der Waals surface area (Å²) in [6.07, 6.45) is 0.931. The Morgan fingerprint density at radius 1 is 1.27 bits per heavy atom. The molecule has 84 valence electrons. The Labute approximate surface area is 92.4 Å². The van der Waals surface area contributed by atoms with Crippen molar-refractivity contribution in [3.63, 3.8) is 0 Å². The summed E-state index contributed by atoms with van der Waals surface area (Å²) in [5.41, 5.74) is 8.25. The van der Waals surface area contributed by atoms with E-state index in [9.17, 15) is 0 Å². The monoisotopic (exact) mass is 207 g/mol. The van der Waals surface area contributed by atoms with Crippen molar-refractivity contribution in [2.75, 3.05) is 6.61 Å². The molecule has 1 aromatic rings. The van der Waals surface area contributed by atoms with Gasteiger partial charge in [0.1, 0.15) is 0 Å². The number of aryl methyl sites for hydroxylation is 1. The first-order valence-electron chi connectivity index (χ1n) is 5.46. The van der Waals surface area contributed by atoms with Crippen molar-refractivity contribution in [2.45, 2.75) is 39.3 Å². The van der Waals surface area contributed by atoms with Gasteiger partial charge in [0.2, 0.25) is 0 Å². The van der Waals surface area contributed by atoms with Gasteiger partial charge in [0.25, 0.3) is 0 Å². The van der Waals surface area contributed by atoms with Crippen LogP contribution in [-0.4, -0.2) is 12.1 Å². The molecule has 0 radical (unpaired) electrons. The second-order valence-corrected chi connectivity index (χ2v) is 4.49. The standard InChI is InChI=1S/C13H21NO/c1-4-13(3,14)10-15-9-12-7-5-11(2)6-8-12/h5-8H,4,9-10,14H2,1-3H3.